The van der Waals surface area contributed by atoms with Crippen molar-refractivity contribution in [3.63, 3.8) is 0 Å². The summed E-state index contributed by atoms with van der Waals surface area (Å²) in [5.41, 5.74) is 3.27. The van der Waals surface area contributed by atoms with Crippen LogP contribution in [0, 0.1) is 11.3 Å². The molecule has 0 aromatic heterocycles. The third-order valence-corrected chi connectivity index (χ3v) is 8.59. The van der Waals surface area contributed by atoms with Crippen molar-refractivity contribution in [1.82, 2.24) is 10.6 Å². The molecule has 3 unspecified atom stereocenters. The summed E-state index contributed by atoms with van der Waals surface area (Å²) in [4.78, 5) is 13.1. The maximum absolute atomic E-state index is 13.1. The van der Waals surface area contributed by atoms with E-state index in [1.54, 1.807) is 0 Å². The first kappa shape index (κ1) is 25.7. The number of carbonyl (C=O) groups is 1. The van der Waals surface area contributed by atoms with Crippen LogP contribution in [0.1, 0.15) is 61.0 Å². The summed E-state index contributed by atoms with van der Waals surface area (Å²) in [5.74, 6) is 0.738. The zero-order chi connectivity index (χ0) is 23.6. The minimum Gasteiger partial charge on any atom is -0.351 e. The molecule has 0 radical (unpaired) electrons. The molecule has 1 heterocycles. The molecular weight excluding hydrogens is 496 g/mol. The van der Waals surface area contributed by atoms with Gasteiger partial charge in [0.2, 0.25) is 0 Å². The van der Waals surface area contributed by atoms with E-state index in [0.29, 0.717) is 29.6 Å². The summed E-state index contributed by atoms with van der Waals surface area (Å²) in [6, 6.07) is 32.0. The Morgan fingerprint density at radius 3 is 1.97 bits per heavy atom. The van der Waals surface area contributed by atoms with Crippen LogP contribution >= 0.6 is 17.0 Å². The van der Waals surface area contributed by atoms with Crippen LogP contribution in [0.4, 0.5) is 0 Å². The van der Waals surface area contributed by atoms with E-state index < -0.39 is 0 Å². The number of hydrogen-bond donors (Lipinski definition) is 2. The molecule has 5 rings (SSSR count). The Morgan fingerprint density at radius 1 is 0.886 bits per heavy atom. The molecule has 2 aliphatic rings. The molecule has 3 aromatic carbocycles. The van der Waals surface area contributed by atoms with Gasteiger partial charge in [-0.25, -0.2) is 0 Å². The Labute approximate surface area is 220 Å². The molecule has 3 atom stereocenters. The molecule has 1 saturated heterocycles. The van der Waals surface area contributed by atoms with Gasteiger partial charge in [-0.1, -0.05) is 92.7 Å². The number of halogens is 1. The Kier molecular flexibility index (Phi) is 7.83. The Hall–Kier alpha value is -2.43. The zero-order valence-electron chi connectivity index (χ0n) is 20.7. The molecule has 3 nitrogen and oxygen atoms in total. The summed E-state index contributed by atoms with van der Waals surface area (Å²) >= 11 is 0. The average molecular weight is 534 g/mol. The van der Waals surface area contributed by atoms with Gasteiger partial charge in [-0.3, -0.25) is 4.79 Å². The number of benzene rings is 3. The lowest BCUT2D eigenvalue weighted by molar-refractivity contribution is 0.0932. The SMILES string of the molecule is Br.CC1(C)C2CCC1NC(CC(CNC(=O)c1ccccc1)(c1ccccc1)c1ccccc1)C2. The number of piperidine rings is 1. The quantitative estimate of drug-likeness (QED) is 0.362. The normalized spacial score (nSPS) is 22.7. The predicted octanol–water partition coefficient (Wildman–Crippen LogP) is 6.54. The molecule has 35 heavy (non-hydrogen) atoms. The van der Waals surface area contributed by atoms with Gasteiger partial charge >= 0.3 is 0 Å². The highest BCUT2D eigenvalue weighted by atomic mass is 79.9. The van der Waals surface area contributed by atoms with Crippen molar-refractivity contribution < 1.29 is 4.79 Å². The van der Waals surface area contributed by atoms with E-state index in [0.717, 1.165) is 12.3 Å². The number of hydrogen-bond acceptors (Lipinski definition) is 2. The summed E-state index contributed by atoms with van der Waals surface area (Å²) in [7, 11) is 0. The monoisotopic (exact) mass is 532 g/mol. The van der Waals surface area contributed by atoms with E-state index in [1.165, 1.54) is 30.4 Å². The van der Waals surface area contributed by atoms with Gasteiger partial charge in [0.25, 0.3) is 5.91 Å². The summed E-state index contributed by atoms with van der Waals surface area (Å²) in [6.45, 7) is 5.42. The van der Waals surface area contributed by atoms with Crippen LogP contribution in [0.5, 0.6) is 0 Å². The number of amides is 1. The van der Waals surface area contributed by atoms with E-state index >= 15 is 0 Å². The fraction of sp³-hybridized carbons (Fsp3) is 0.387. The second-order valence-corrected chi connectivity index (χ2v) is 10.8. The van der Waals surface area contributed by atoms with Crippen LogP contribution in [0.3, 0.4) is 0 Å². The van der Waals surface area contributed by atoms with E-state index in [9.17, 15) is 4.79 Å². The van der Waals surface area contributed by atoms with Crippen molar-refractivity contribution in [3.05, 3.63) is 108 Å². The Morgan fingerprint density at radius 2 is 1.43 bits per heavy atom. The first-order chi connectivity index (χ1) is 16.5. The van der Waals surface area contributed by atoms with Gasteiger partial charge in [0.05, 0.1) is 0 Å². The van der Waals surface area contributed by atoms with Gasteiger partial charge in [0.15, 0.2) is 0 Å². The first-order valence-corrected chi connectivity index (χ1v) is 12.7. The lowest BCUT2D eigenvalue weighted by atomic mass is 9.66. The van der Waals surface area contributed by atoms with Crippen LogP contribution in [0.15, 0.2) is 91.0 Å². The minimum atomic E-state index is -0.314. The minimum absolute atomic E-state index is 0. The van der Waals surface area contributed by atoms with Crippen LogP contribution in [-0.4, -0.2) is 24.5 Å². The molecular formula is C31H37BrN2O. The predicted molar refractivity (Wildman–Crippen MR) is 149 cm³/mol. The molecule has 2 N–H and O–H groups in total. The van der Waals surface area contributed by atoms with Gasteiger partial charge in [0.1, 0.15) is 0 Å². The smallest absolute Gasteiger partial charge is 0.251 e. The van der Waals surface area contributed by atoms with Crippen molar-refractivity contribution in [1.29, 1.82) is 0 Å². The van der Waals surface area contributed by atoms with Gasteiger partial charge in [-0.2, -0.15) is 0 Å². The van der Waals surface area contributed by atoms with Crippen LogP contribution in [0.25, 0.3) is 0 Å². The lowest BCUT2D eigenvalue weighted by Gasteiger charge is -2.46. The number of nitrogens with one attached hydrogen (secondary N) is 2. The van der Waals surface area contributed by atoms with E-state index in [-0.39, 0.29) is 28.3 Å². The number of carbonyl (C=O) groups excluding carboxylic acids is 1. The van der Waals surface area contributed by atoms with Crippen LogP contribution in [-0.2, 0) is 5.41 Å². The second kappa shape index (κ2) is 10.7. The second-order valence-electron chi connectivity index (χ2n) is 10.8. The van der Waals surface area contributed by atoms with Crippen molar-refractivity contribution in [2.24, 2.45) is 11.3 Å². The van der Waals surface area contributed by atoms with Gasteiger partial charge in [-0.15, -0.1) is 17.0 Å². The molecule has 4 heteroatoms. The average Bonchev–Trinajstić information content (AvgIpc) is 3.03. The van der Waals surface area contributed by atoms with Crippen molar-refractivity contribution in [2.45, 2.75) is 57.0 Å². The summed E-state index contributed by atoms with van der Waals surface area (Å²) in [6.07, 6.45) is 4.73. The van der Waals surface area contributed by atoms with Gasteiger partial charge < -0.3 is 10.6 Å². The molecule has 1 saturated carbocycles. The lowest BCUT2D eigenvalue weighted by Crippen LogP contribution is -2.55. The van der Waals surface area contributed by atoms with Gasteiger partial charge in [0, 0.05) is 29.6 Å². The molecule has 1 aliphatic carbocycles. The highest BCUT2D eigenvalue weighted by molar-refractivity contribution is 8.93. The number of rotatable bonds is 7. The van der Waals surface area contributed by atoms with Gasteiger partial charge in [-0.05, 0) is 60.3 Å². The molecule has 3 aromatic rings. The third-order valence-electron chi connectivity index (χ3n) is 8.59. The largest absolute Gasteiger partial charge is 0.351 e. The van der Waals surface area contributed by atoms with E-state index in [1.807, 2.05) is 30.3 Å². The van der Waals surface area contributed by atoms with E-state index in [2.05, 4.69) is 85.1 Å². The van der Waals surface area contributed by atoms with E-state index in [4.69, 9.17) is 0 Å². The summed E-state index contributed by atoms with van der Waals surface area (Å²) in [5, 5.41) is 7.35. The van der Waals surface area contributed by atoms with Crippen molar-refractivity contribution in [3.8, 4) is 0 Å². The number of fused-ring (bicyclic) bond motifs is 2. The van der Waals surface area contributed by atoms with Crippen molar-refractivity contribution >= 4 is 22.9 Å². The topological polar surface area (TPSA) is 41.1 Å². The highest BCUT2D eigenvalue weighted by Crippen LogP contribution is 2.50. The van der Waals surface area contributed by atoms with Crippen molar-refractivity contribution in [2.75, 3.05) is 6.54 Å². The molecule has 1 aliphatic heterocycles. The fourth-order valence-corrected chi connectivity index (χ4v) is 6.49. The van der Waals surface area contributed by atoms with Crippen LogP contribution < -0.4 is 10.6 Å². The maximum Gasteiger partial charge on any atom is 0.251 e. The fourth-order valence-electron chi connectivity index (χ4n) is 6.49. The maximum atomic E-state index is 13.1. The molecule has 184 valence electrons. The third kappa shape index (κ3) is 5.10. The highest BCUT2D eigenvalue weighted by Gasteiger charge is 2.49. The Balaban J connectivity index is 0.00000289. The molecule has 2 bridgehead atoms. The van der Waals surface area contributed by atoms with Crippen LogP contribution in [0.2, 0.25) is 0 Å². The first-order valence-electron chi connectivity index (χ1n) is 12.7. The molecule has 0 spiro atoms. The standard InChI is InChI=1S/C31H36N2O.BrH/c1-30(2)26-18-19-28(30)33-27(20-26)21-31(24-14-8-4-9-15-24,25-16-10-5-11-17-25)22-32-29(34)23-12-6-3-7-13-23;/h3-17,26-28,33H,18-22H2,1-2H3,(H,32,34);1H. The zero-order valence-corrected chi connectivity index (χ0v) is 22.5. The summed E-state index contributed by atoms with van der Waals surface area (Å²) < 4.78 is 0. The Bertz CT molecular complexity index is 1050. The molecule has 2 fully saturated rings. The molecule has 1 amide bonds.